The lowest BCUT2D eigenvalue weighted by Gasteiger charge is -2.24. The van der Waals surface area contributed by atoms with Gasteiger partial charge in [-0.25, -0.2) is 9.97 Å². The predicted octanol–water partition coefficient (Wildman–Crippen LogP) is 1.82. The van der Waals surface area contributed by atoms with Gasteiger partial charge < -0.3 is 24.8 Å². The maximum Gasteiger partial charge on any atom is 0.231 e. The van der Waals surface area contributed by atoms with E-state index in [1.165, 1.54) is 5.56 Å². The van der Waals surface area contributed by atoms with Crippen molar-refractivity contribution in [2.75, 3.05) is 36.7 Å². The van der Waals surface area contributed by atoms with Crippen molar-refractivity contribution >= 4 is 11.6 Å². The molecular formula is C18H22N4O3. The van der Waals surface area contributed by atoms with E-state index in [1.807, 2.05) is 18.2 Å². The Morgan fingerprint density at radius 1 is 1.20 bits per heavy atom. The number of ether oxygens (including phenoxy) is 2. The topological polar surface area (TPSA) is 79.7 Å². The van der Waals surface area contributed by atoms with E-state index in [4.69, 9.17) is 9.47 Å². The zero-order valence-electron chi connectivity index (χ0n) is 14.0. The molecule has 2 aliphatic rings. The first-order chi connectivity index (χ1) is 12.3. The van der Waals surface area contributed by atoms with Crippen LogP contribution in [0.2, 0.25) is 0 Å². The highest BCUT2D eigenvalue weighted by atomic mass is 16.7. The van der Waals surface area contributed by atoms with Gasteiger partial charge in [-0.15, -0.1) is 0 Å². The average molecular weight is 342 g/mol. The summed E-state index contributed by atoms with van der Waals surface area (Å²) >= 11 is 0. The van der Waals surface area contributed by atoms with E-state index in [0.29, 0.717) is 6.79 Å². The van der Waals surface area contributed by atoms with Crippen LogP contribution in [0.1, 0.15) is 18.4 Å². The number of fused-ring (bicyclic) bond motifs is 1. The van der Waals surface area contributed by atoms with Crippen molar-refractivity contribution in [3.8, 4) is 11.5 Å². The van der Waals surface area contributed by atoms with E-state index in [-0.39, 0.29) is 12.6 Å². The number of aliphatic hydroxyl groups is 1. The molecule has 25 heavy (non-hydrogen) atoms. The minimum absolute atomic E-state index is 0.163. The fourth-order valence-corrected chi connectivity index (χ4v) is 3.36. The number of hydrogen-bond donors (Lipinski definition) is 2. The normalized spacial score (nSPS) is 18.6. The Labute approximate surface area is 146 Å². The number of rotatable bonds is 6. The molecule has 0 radical (unpaired) electrons. The average Bonchev–Trinajstić information content (AvgIpc) is 3.30. The van der Waals surface area contributed by atoms with E-state index in [2.05, 4.69) is 26.3 Å². The largest absolute Gasteiger partial charge is 0.454 e. The molecule has 1 atom stereocenters. The summed E-state index contributed by atoms with van der Waals surface area (Å²) in [5.74, 6) is 3.29. The van der Waals surface area contributed by atoms with Crippen LogP contribution in [0.5, 0.6) is 11.5 Å². The van der Waals surface area contributed by atoms with Gasteiger partial charge in [0.2, 0.25) is 6.79 Å². The zero-order chi connectivity index (χ0) is 17.1. The van der Waals surface area contributed by atoms with Crippen molar-refractivity contribution in [1.29, 1.82) is 0 Å². The second-order valence-corrected chi connectivity index (χ2v) is 6.30. The first-order valence-corrected chi connectivity index (χ1v) is 8.65. The van der Waals surface area contributed by atoms with E-state index in [9.17, 15) is 5.11 Å². The second-order valence-electron chi connectivity index (χ2n) is 6.30. The molecule has 2 aliphatic heterocycles. The first kappa shape index (κ1) is 16.0. The van der Waals surface area contributed by atoms with Crippen LogP contribution in [-0.2, 0) is 6.42 Å². The molecule has 1 aromatic carbocycles. The van der Waals surface area contributed by atoms with Gasteiger partial charge in [0, 0.05) is 19.2 Å². The summed E-state index contributed by atoms with van der Waals surface area (Å²) in [5.41, 5.74) is 1.19. The monoisotopic (exact) mass is 342 g/mol. The fraction of sp³-hybridized carbons (Fsp3) is 0.444. The Balaban J connectivity index is 1.36. The van der Waals surface area contributed by atoms with E-state index in [1.54, 1.807) is 6.33 Å². The van der Waals surface area contributed by atoms with Gasteiger partial charge in [-0.1, -0.05) is 6.07 Å². The number of aliphatic hydroxyl groups excluding tert-OH is 1. The number of hydrogen-bond acceptors (Lipinski definition) is 7. The molecule has 0 saturated carbocycles. The van der Waals surface area contributed by atoms with Gasteiger partial charge in [-0.05, 0) is 37.0 Å². The lowest BCUT2D eigenvalue weighted by Crippen LogP contribution is -2.32. The summed E-state index contributed by atoms with van der Waals surface area (Å²) in [5, 5.41) is 12.8. The zero-order valence-corrected chi connectivity index (χ0v) is 14.0. The molecule has 2 N–H and O–H groups in total. The summed E-state index contributed by atoms with van der Waals surface area (Å²) < 4.78 is 10.7. The molecule has 7 nitrogen and oxygen atoms in total. The molecule has 3 heterocycles. The second kappa shape index (κ2) is 7.14. The summed E-state index contributed by atoms with van der Waals surface area (Å²) in [6.45, 7) is 2.15. The van der Waals surface area contributed by atoms with Crippen LogP contribution in [0.25, 0.3) is 0 Å². The third-order valence-electron chi connectivity index (χ3n) is 4.69. The van der Waals surface area contributed by atoms with Crippen molar-refractivity contribution in [3.05, 3.63) is 36.2 Å². The number of benzene rings is 1. The number of nitrogens with one attached hydrogen (secondary N) is 1. The molecule has 1 saturated heterocycles. The Morgan fingerprint density at radius 3 is 3.04 bits per heavy atom. The first-order valence-electron chi connectivity index (χ1n) is 8.65. The van der Waals surface area contributed by atoms with Crippen molar-refractivity contribution in [2.45, 2.75) is 25.3 Å². The molecule has 4 rings (SSSR count). The van der Waals surface area contributed by atoms with Crippen LogP contribution in [0, 0.1) is 0 Å². The molecule has 1 aromatic heterocycles. The van der Waals surface area contributed by atoms with Crippen molar-refractivity contribution in [1.82, 2.24) is 9.97 Å². The van der Waals surface area contributed by atoms with Gasteiger partial charge in [-0.3, -0.25) is 0 Å². The van der Waals surface area contributed by atoms with Gasteiger partial charge in [0.1, 0.15) is 18.0 Å². The smallest absolute Gasteiger partial charge is 0.231 e. The van der Waals surface area contributed by atoms with Crippen LogP contribution >= 0.6 is 0 Å². The molecule has 7 heteroatoms. The maximum atomic E-state index is 9.48. The number of nitrogens with zero attached hydrogens (tertiary/aromatic N) is 3. The van der Waals surface area contributed by atoms with Crippen LogP contribution in [0.3, 0.4) is 0 Å². The third-order valence-corrected chi connectivity index (χ3v) is 4.69. The van der Waals surface area contributed by atoms with Crippen molar-refractivity contribution in [3.63, 3.8) is 0 Å². The number of anilines is 2. The van der Waals surface area contributed by atoms with Crippen LogP contribution < -0.4 is 19.7 Å². The summed E-state index contributed by atoms with van der Waals surface area (Å²) in [6.07, 6.45) is 4.53. The predicted molar refractivity (Wildman–Crippen MR) is 94.2 cm³/mol. The Bertz CT molecular complexity index is 740. The standard InChI is InChI=1S/C18H22N4O3/c23-10-14-2-1-7-22(14)18-9-17(20-11-21-18)19-6-5-13-3-4-15-16(8-13)25-12-24-15/h3-4,8-9,11,14,23H,1-2,5-7,10,12H2,(H,19,20,21)/t14-/m0/s1. The van der Waals surface area contributed by atoms with Gasteiger partial charge in [-0.2, -0.15) is 0 Å². The van der Waals surface area contributed by atoms with E-state index >= 15 is 0 Å². The Morgan fingerprint density at radius 2 is 2.12 bits per heavy atom. The maximum absolute atomic E-state index is 9.48. The molecule has 0 aliphatic carbocycles. The fourth-order valence-electron chi connectivity index (χ4n) is 3.36. The Kier molecular flexibility index (Phi) is 4.56. The highest BCUT2D eigenvalue weighted by molar-refractivity contribution is 5.50. The SMILES string of the molecule is OC[C@@H]1CCCN1c1cc(NCCc2ccc3c(c2)OCO3)ncn1. The van der Waals surface area contributed by atoms with Gasteiger partial charge >= 0.3 is 0 Å². The molecule has 132 valence electrons. The highest BCUT2D eigenvalue weighted by Crippen LogP contribution is 2.32. The Hall–Kier alpha value is -2.54. The quantitative estimate of drug-likeness (QED) is 0.829. The van der Waals surface area contributed by atoms with Crippen LogP contribution in [0.15, 0.2) is 30.6 Å². The molecule has 0 amide bonds. The number of aromatic nitrogens is 2. The highest BCUT2D eigenvalue weighted by Gasteiger charge is 2.25. The lowest BCUT2D eigenvalue weighted by atomic mass is 10.1. The van der Waals surface area contributed by atoms with Gasteiger partial charge in [0.15, 0.2) is 11.5 Å². The lowest BCUT2D eigenvalue weighted by molar-refractivity contribution is 0.174. The molecule has 0 unspecified atom stereocenters. The minimum Gasteiger partial charge on any atom is -0.454 e. The van der Waals surface area contributed by atoms with Crippen molar-refractivity contribution < 1.29 is 14.6 Å². The summed E-state index contributed by atoms with van der Waals surface area (Å²) in [6, 6.07) is 8.13. The molecular weight excluding hydrogens is 320 g/mol. The van der Waals surface area contributed by atoms with Crippen LogP contribution in [0.4, 0.5) is 11.6 Å². The van der Waals surface area contributed by atoms with E-state index < -0.39 is 0 Å². The minimum atomic E-state index is 0.163. The van der Waals surface area contributed by atoms with Gasteiger partial charge in [0.25, 0.3) is 0 Å². The molecule has 1 fully saturated rings. The van der Waals surface area contributed by atoms with Crippen LogP contribution in [-0.4, -0.2) is 47.6 Å². The summed E-state index contributed by atoms with van der Waals surface area (Å²) in [7, 11) is 0. The van der Waals surface area contributed by atoms with Crippen molar-refractivity contribution in [2.24, 2.45) is 0 Å². The third kappa shape index (κ3) is 3.46. The summed E-state index contributed by atoms with van der Waals surface area (Å²) in [4.78, 5) is 10.8. The molecule has 0 spiro atoms. The van der Waals surface area contributed by atoms with Gasteiger partial charge in [0.05, 0.1) is 12.6 Å². The molecule has 2 aromatic rings. The molecule has 0 bridgehead atoms. The van der Waals surface area contributed by atoms with E-state index in [0.717, 1.165) is 55.5 Å².